The fraction of sp³-hybridized carbons (Fsp3) is 1.00. The summed E-state index contributed by atoms with van der Waals surface area (Å²) in [6.45, 7) is 11.0. The lowest BCUT2D eigenvalue weighted by Gasteiger charge is -2.20. The van der Waals surface area contributed by atoms with Gasteiger partial charge in [-0.05, 0) is 44.1 Å². The molecule has 1 aliphatic rings. The van der Waals surface area contributed by atoms with E-state index in [1.807, 2.05) is 0 Å². The zero-order valence-corrected chi connectivity index (χ0v) is 13.2. The van der Waals surface area contributed by atoms with Crippen LogP contribution < -0.4 is 5.32 Å². The van der Waals surface area contributed by atoms with Crippen LogP contribution in [0.5, 0.6) is 0 Å². The fourth-order valence-electron chi connectivity index (χ4n) is 3.03. The van der Waals surface area contributed by atoms with Crippen LogP contribution in [0.15, 0.2) is 0 Å². The molecule has 0 aromatic carbocycles. The van der Waals surface area contributed by atoms with Crippen LogP contribution in [-0.4, -0.2) is 37.0 Å². The Kier molecular flexibility index (Phi) is 7.96. The van der Waals surface area contributed by atoms with Gasteiger partial charge in [0.2, 0.25) is 0 Å². The van der Waals surface area contributed by atoms with Crippen LogP contribution in [0.3, 0.4) is 0 Å². The Balaban J connectivity index is 2.02. The molecule has 1 saturated carbocycles. The summed E-state index contributed by atoms with van der Waals surface area (Å²) in [6.07, 6.45) is 4.98. The van der Waals surface area contributed by atoms with Crippen LogP contribution in [0.2, 0.25) is 0 Å². The maximum Gasteiger partial charge on any atom is 0.0897 e. The van der Waals surface area contributed by atoms with Gasteiger partial charge in [0.15, 0.2) is 0 Å². The van der Waals surface area contributed by atoms with Gasteiger partial charge in [-0.2, -0.15) is 0 Å². The number of rotatable bonds is 9. The molecule has 4 unspecified atom stereocenters. The van der Waals surface area contributed by atoms with Crippen LogP contribution in [0.25, 0.3) is 0 Å². The van der Waals surface area contributed by atoms with Crippen molar-refractivity contribution < 1.29 is 9.84 Å². The predicted octanol–water partition coefficient (Wildman–Crippen LogP) is 2.82. The van der Waals surface area contributed by atoms with Crippen molar-refractivity contribution in [1.82, 2.24) is 5.32 Å². The van der Waals surface area contributed by atoms with Gasteiger partial charge in [-0.25, -0.2) is 0 Å². The summed E-state index contributed by atoms with van der Waals surface area (Å²) in [5.41, 5.74) is 0. The summed E-state index contributed by atoms with van der Waals surface area (Å²) in [7, 11) is 0. The number of aliphatic hydroxyl groups excluding tert-OH is 1. The molecule has 0 saturated heterocycles. The lowest BCUT2D eigenvalue weighted by molar-refractivity contribution is -0.00876. The summed E-state index contributed by atoms with van der Waals surface area (Å²) in [5, 5.41) is 13.3. The molecule has 3 heteroatoms. The Bertz CT molecular complexity index is 233. The summed E-state index contributed by atoms with van der Waals surface area (Å²) < 4.78 is 5.67. The summed E-state index contributed by atoms with van der Waals surface area (Å²) >= 11 is 0. The van der Waals surface area contributed by atoms with E-state index in [1.165, 1.54) is 19.3 Å². The lowest BCUT2D eigenvalue weighted by atomic mass is 9.98. The Labute approximate surface area is 119 Å². The summed E-state index contributed by atoms with van der Waals surface area (Å²) in [5.74, 6) is 2.29. The van der Waals surface area contributed by atoms with Gasteiger partial charge in [0, 0.05) is 6.54 Å². The standard InChI is InChI=1S/C16H33NO2/c1-12(2)8-14(4)19-11-16(18)10-17-9-15-7-5-6-13(15)3/h12-18H,5-11H2,1-4H3. The maximum atomic E-state index is 9.88. The van der Waals surface area contributed by atoms with E-state index in [1.54, 1.807) is 0 Å². The molecule has 1 aliphatic carbocycles. The molecular weight excluding hydrogens is 238 g/mol. The number of hydrogen-bond donors (Lipinski definition) is 2. The van der Waals surface area contributed by atoms with E-state index < -0.39 is 0 Å². The average Bonchev–Trinajstić information content (AvgIpc) is 2.72. The second kappa shape index (κ2) is 8.93. The van der Waals surface area contributed by atoms with Gasteiger partial charge in [0.25, 0.3) is 0 Å². The van der Waals surface area contributed by atoms with Crippen molar-refractivity contribution in [2.75, 3.05) is 19.7 Å². The van der Waals surface area contributed by atoms with Gasteiger partial charge in [0.1, 0.15) is 0 Å². The van der Waals surface area contributed by atoms with E-state index in [2.05, 4.69) is 33.0 Å². The second-order valence-corrected chi connectivity index (χ2v) is 6.75. The Hall–Kier alpha value is -0.120. The van der Waals surface area contributed by atoms with Crippen molar-refractivity contribution in [1.29, 1.82) is 0 Å². The van der Waals surface area contributed by atoms with E-state index in [0.717, 1.165) is 24.8 Å². The van der Waals surface area contributed by atoms with Crippen molar-refractivity contribution in [3.8, 4) is 0 Å². The van der Waals surface area contributed by atoms with E-state index in [0.29, 0.717) is 19.1 Å². The van der Waals surface area contributed by atoms with Crippen LogP contribution in [0, 0.1) is 17.8 Å². The minimum atomic E-state index is -0.383. The molecule has 1 rings (SSSR count). The zero-order valence-electron chi connectivity index (χ0n) is 13.2. The van der Waals surface area contributed by atoms with Crippen LogP contribution in [0.1, 0.15) is 53.4 Å². The van der Waals surface area contributed by atoms with Crippen LogP contribution in [-0.2, 0) is 4.74 Å². The summed E-state index contributed by atoms with van der Waals surface area (Å²) in [6, 6.07) is 0. The van der Waals surface area contributed by atoms with E-state index in [9.17, 15) is 5.11 Å². The quantitative estimate of drug-likeness (QED) is 0.677. The number of nitrogens with one attached hydrogen (secondary N) is 1. The first kappa shape index (κ1) is 16.9. The molecule has 3 nitrogen and oxygen atoms in total. The van der Waals surface area contributed by atoms with Gasteiger partial charge >= 0.3 is 0 Å². The third kappa shape index (κ3) is 7.28. The maximum absolute atomic E-state index is 9.88. The smallest absolute Gasteiger partial charge is 0.0897 e. The molecule has 0 aromatic rings. The number of hydrogen-bond acceptors (Lipinski definition) is 3. The molecule has 1 fully saturated rings. The van der Waals surface area contributed by atoms with Crippen LogP contribution >= 0.6 is 0 Å². The molecular formula is C16H33NO2. The first-order valence-corrected chi connectivity index (χ1v) is 7.99. The van der Waals surface area contributed by atoms with Gasteiger partial charge in [-0.1, -0.05) is 33.6 Å². The molecule has 0 aliphatic heterocycles. The minimum absolute atomic E-state index is 0.240. The fourth-order valence-corrected chi connectivity index (χ4v) is 3.03. The number of ether oxygens (including phenoxy) is 1. The average molecular weight is 271 g/mol. The van der Waals surface area contributed by atoms with Gasteiger partial charge in [-0.15, -0.1) is 0 Å². The van der Waals surface area contributed by atoms with Gasteiger partial charge < -0.3 is 15.2 Å². The molecule has 0 bridgehead atoms. The minimum Gasteiger partial charge on any atom is -0.389 e. The van der Waals surface area contributed by atoms with Crippen molar-refractivity contribution in [2.45, 2.75) is 65.6 Å². The topological polar surface area (TPSA) is 41.5 Å². The predicted molar refractivity (Wildman–Crippen MR) is 80.3 cm³/mol. The summed E-state index contributed by atoms with van der Waals surface area (Å²) in [4.78, 5) is 0. The largest absolute Gasteiger partial charge is 0.389 e. The molecule has 0 amide bonds. The number of aliphatic hydroxyl groups is 1. The molecule has 19 heavy (non-hydrogen) atoms. The molecule has 0 spiro atoms. The normalized spacial score (nSPS) is 26.8. The van der Waals surface area contributed by atoms with Crippen molar-refractivity contribution >= 4 is 0 Å². The third-order valence-corrected chi connectivity index (χ3v) is 4.20. The Morgan fingerprint density at radius 2 is 2.00 bits per heavy atom. The van der Waals surface area contributed by atoms with Crippen molar-refractivity contribution in [3.63, 3.8) is 0 Å². The van der Waals surface area contributed by atoms with Crippen LogP contribution in [0.4, 0.5) is 0 Å². The Morgan fingerprint density at radius 3 is 2.58 bits per heavy atom. The SMILES string of the molecule is CC(C)CC(C)OCC(O)CNCC1CCCC1C. The highest BCUT2D eigenvalue weighted by atomic mass is 16.5. The van der Waals surface area contributed by atoms with E-state index in [-0.39, 0.29) is 12.2 Å². The van der Waals surface area contributed by atoms with Crippen molar-refractivity contribution in [2.24, 2.45) is 17.8 Å². The molecule has 0 aromatic heterocycles. The highest BCUT2D eigenvalue weighted by Gasteiger charge is 2.22. The highest BCUT2D eigenvalue weighted by molar-refractivity contribution is 4.76. The van der Waals surface area contributed by atoms with Gasteiger partial charge in [-0.3, -0.25) is 0 Å². The van der Waals surface area contributed by atoms with E-state index in [4.69, 9.17) is 4.74 Å². The first-order valence-electron chi connectivity index (χ1n) is 7.99. The van der Waals surface area contributed by atoms with Gasteiger partial charge in [0.05, 0.1) is 18.8 Å². The Morgan fingerprint density at radius 1 is 1.26 bits per heavy atom. The molecule has 114 valence electrons. The zero-order chi connectivity index (χ0) is 14.3. The lowest BCUT2D eigenvalue weighted by Crippen LogP contribution is -2.35. The molecule has 2 N–H and O–H groups in total. The monoisotopic (exact) mass is 271 g/mol. The molecule has 0 heterocycles. The van der Waals surface area contributed by atoms with E-state index >= 15 is 0 Å². The third-order valence-electron chi connectivity index (χ3n) is 4.20. The molecule has 4 atom stereocenters. The van der Waals surface area contributed by atoms with Crippen molar-refractivity contribution in [3.05, 3.63) is 0 Å². The first-order chi connectivity index (χ1) is 8.99. The second-order valence-electron chi connectivity index (χ2n) is 6.75. The highest BCUT2D eigenvalue weighted by Crippen LogP contribution is 2.30. The molecule has 0 radical (unpaired) electrons.